The van der Waals surface area contributed by atoms with Gasteiger partial charge in [-0.05, 0) is 18.5 Å². The van der Waals surface area contributed by atoms with Gasteiger partial charge in [0.25, 0.3) is 11.7 Å². The summed E-state index contributed by atoms with van der Waals surface area (Å²) in [6.07, 6.45) is -1.81. The van der Waals surface area contributed by atoms with Crippen molar-refractivity contribution in [2.45, 2.75) is 13.3 Å². The molecule has 0 bridgehead atoms. The fourth-order valence-electron chi connectivity index (χ4n) is 1.24. The van der Waals surface area contributed by atoms with E-state index in [4.69, 9.17) is 16.3 Å². The summed E-state index contributed by atoms with van der Waals surface area (Å²) < 4.78 is 29.8. The van der Waals surface area contributed by atoms with Gasteiger partial charge in [0, 0.05) is 11.8 Å². The number of pyridine rings is 1. The predicted octanol–water partition coefficient (Wildman–Crippen LogP) is 2.72. The number of hydrogen-bond acceptors (Lipinski definition) is 3. The molecule has 15 heavy (non-hydrogen) atoms. The molecule has 0 aromatic carbocycles. The van der Waals surface area contributed by atoms with E-state index in [1.165, 1.54) is 14.0 Å². The average Bonchev–Trinajstić information content (AvgIpc) is 2.16. The van der Waals surface area contributed by atoms with E-state index >= 15 is 0 Å². The molecule has 82 valence electrons. The van der Waals surface area contributed by atoms with Gasteiger partial charge >= 0.3 is 0 Å². The minimum atomic E-state index is -2.70. The van der Waals surface area contributed by atoms with Crippen LogP contribution >= 0.6 is 11.6 Å². The average molecular weight is 236 g/mol. The van der Waals surface area contributed by atoms with Crippen molar-refractivity contribution in [1.29, 1.82) is 0 Å². The lowest BCUT2D eigenvalue weighted by Crippen LogP contribution is -2.04. The number of nitrogens with zero attached hydrogens (tertiary/aromatic N) is 1. The van der Waals surface area contributed by atoms with E-state index in [0.29, 0.717) is 0 Å². The van der Waals surface area contributed by atoms with Gasteiger partial charge in [-0.2, -0.15) is 0 Å². The number of hydrogen-bond donors (Lipinski definition) is 0. The number of aromatic nitrogens is 1. The molecule has 0 aliphatic heterocycles. The van der Waals surface area contributed by atoms with Crippen molar-refractivity contribution < 1.29 is 18.3 Å². The molecule has 0 amide bonds. The molecule has 0 N–H and O–H groups in total. The molecule has 6 heteroatoms. The van der Waals surface area contributed by atoms with Crippen LogP contribution in [0.1, 0.15) is 28.0 Å². The van der Waals surface area contributed by atoms with Crippen molar-refractivity contribution >= 4 is 16.8 Å². The first-order valence-corrected chi connectivity index (χ1v) is 4.38. The molecular weight excluding hydrogens is 228 g/mol. The second-order valence-corrected chi connectivity index (χ2v) is 3.14. The van der Waals surface area contributed by atoms with Crippen molar-refractivity contribution in [3.8, 4) is 5.75 Å². The molecule has 0 saturated carbocycles. The van der Waals surface area contributed by atoms with Crippen LogP contribution in [0.2, 0.25) is 0 Å². The Kier molecular flexibility index (Phi) is 3.57. The summed E-state index contributed by atoms with van der Waals surface area (Å²) >= 11 is 5.22. The zero-order valence-corrected chi connectivity index (χ0v) is 8.81. The summed E-state index contributed by atoms with van der Waals surface area (Å²) in [5.74, 6) is -0.0519. The van der Waals surface area contributed by atoms with E-state index in [1.54, 1.807) is 0 Å². The number of carbonyl (C=O) groups excluding carboxylic acids is 1. The summed E-state index contributed by atoms with van der Waals surface area (Å²) in [4.78, 5) is 14.4. The maximum Gasteiger partial charge on any atom is 0.271 e. The van der Waals surface area contributed by atoms with Crippen LogP contribution in [0, 0.1) is 6.92 Å². The van der Waals surface area contributed by atoms with Gasteiger partial charge in [0.1, 0.15) is 11.4 Å². The van der Waals surface area contributed by atoms with Crippen molar-refractivity contribution in [2.75, 3.05) is 7.11 Å². The Morgan fingerprint density at radius 1 is 1.60 bits per heavy atom. The minimum Gasteiger partial charge on any atom is -0.496 e. The Morgan fingerprint density at radius 3 is 2.60 bits per heavy atom. The lowest BCUT2D eigenvalue weighted by molar-refractivity contribution is 0.107. The van der Waals surface area contributed by atoms with Crippen LogP contribution in [-0.4, -0.2) is 17.3 Å². The lowest BCUT2D eigenvalue weighted by atomic mass is 10.1. The van der Waals surface area contributed by atoms with E-state index in [-0.39, 0.29) is 22.6 Å². The first-order chi connectivity index (χ1) is 6.99. The summed E-state index contributed by atoms with van der Waals surface area (Å²) in [5, 5.41) is -0.799. The van der Waals surface area contributed by atoms with Crippen molar-refractivity contribution in [1.82, 2.24) is 4.98 Å². The van der Waals surface area contributed by atoms with Crippen LogP contribution in [0.25, 0.3) is 0 Å². The molecule has 0 aliphatic carbocycles. The SMILES string of the molecule is COc1c(C(F)F)cnc(C(=O)Cl)c1C. The summed E-state index contributed by atoms with van der Waals surface area (Å²) in [7, 11) is 1.25. The van der Waals surface area contributed by atoms with Gasteiger partial charge in [-0.1, -0.05) is 0 Å². The first-order valence-electron chi connectivity index (χ1n) is 4.00. The van der Waals surface area contributed by atoms with Crippen LogP contribution in [0.15, 0.2) is 6.20 Å². The molecule has 0 radical (unpaired) electrons. The number of rotatable bonds is 3. The molecule has 1 aromatic rings. The Morgan fingerprint density at radius 2 is 2.20 bits per heavy atom. The topological polar surface area (TPSA) is 39.2 Å². The van der Waals surface area contributed by atoms with Gasteiger partial charge in [-0.15, -0.1) is 0 Å². The largest absolute Gasteiger partial charge is 0.496 e. The Labute approximate surface area is 90.0 Å². The second-order valence-electron chi connectivity index (χ2n) is 2.79. The number of alkyl halides is 2. The van der Waals surface area contributed by atoms with Gasteiger partial charge < -0.3 is 4.74 Å². The minimum absolute atomic E-state index is 0.0519. The van der Waals surface area contributed by atoms with Gasteiger partial charge in [0.15, 0.2) is 0 Å². The van der Waals surface area contributed by atoms with Gasteiger partial charge in [-0.3, -0.25) is 9.78 Å². The Balaban J connectivity index is 3.39. The predicted molar refractivity (Wildman–Crippen MR) is 50.7 cm³/mol. The molecule has 3 nitrogen and oxygen atoms in total. The van der Waals surface area contributed by atoms with Crippen molar-refractivity contribution in [2.24, 2.45) is 0 Å². The van der Waals surface area contributed by atoms with E-state index in [2.05, 4.69) is 4.98 Å². The standard InChI is InChI=1S/C9H8ClF2NO2/c1-4-6(8(10)14)13-3-5(9(11)12)7(4)15-2/h3,9H,1-2H3. The first kappa shape index (κ1) is 11.8. The van der Waals surface area contributed by atoms with Gasteiger partial charge in [0.2, 0.25) is 0 Å². The van der Waals surface area contributed by atoms with Crippen LogP contribution in [0.5, 0.6) is 5.75 Å². The molecule has 1 heterocycles. The third kappa shape index (κ3) is 2.23. The summed E-state index contributed by atoms with van der Waals surface area (Å²) in [6, 6.07) is 0. The molecule has 0 fully saturated rings. The van der Waals surface area contributed by atoms with Crippen LogP contribution in [0.4, 0.5) is 8.78 Å². The maximum atomic E-state index is 12.5. The van der Waals surface area contributed by atoms with Crippen molar-refractivity contribution in [3.05, 3.63) is 23.0 Å². The van der Waals surface area contributed by atoms with Gasteiger partial charge in [0.05, 0.1) is 12.7 Å². The molecule has 0 saturated heterocycles. The molecule has 0 atom stereocenters. The highest BCUT2D eigenvalue weighted by molar-refractivity contribution is 6.67. The number of ether oxygens (including phenoxy) is 1. The molecule has 0 spiro atoms. The van der Waals surface area contributed by atoms with Gasteiger partial charge in [-0.25, -0.2) is 8.78 Å². The summed E-state index contributed by atoms with van der Waals surface area (Å²) in [6.45, 7) is 1.45. The third-order valence-corrected chi connectivity index (χ3v) is 2.10. The highest BCUT2D eigenvalue weighted by Gasteiger charge is 2.20. The zero-order valence-electron chi connectivity index (χ0n) is 8.05. The van der Waals surface area contributed by atoms with Crippen LogP contribution in [-0.2, 0) is 0 Å². The van der Waals surface area contributed by atoms with E-state index in [0.717, 1.165) is 6.20 Å². The highest BCUT2D eigenvalue weighted by atomic mass is 35.5. The highest BCUT2D eigenvalue weighted by Crippen LogP contribution is 2.32. The smallest absolute Gasteiger partial charge is 0.271 e. The quantitative estimate of drug-likeness (QED) is 0.756. The van der Waals surface area contributed by atoms with E-state index < -0.39 is 11.7 Å². The number of carbonyl (C=O) groups is 1. The molecule has 1 rings (SSSR count). The molecular formula is C9H8ClF2NO2. The maximum absolute atomic E-state index is 12.5. The fourth-order valence-corrected chi connectivity index (χ4v) is 1.43. The Bertz CT molecular complexity index is 396. The van der Waals surface area contributed by atoms with Crippen molar-refractivity contribution in [3.63, 3.8) is 0 Å². The van der Waals surface area contributed by atoms with E-state index in [1.807, 2.05) is 0 Å². The number of halogens is 3. The molecule has 1 aromatic heterocycles. The van der Waals surface area contributed by atoms with Crippen LogP contribution < -0.4 is 4.74 Å². The Hall–Kier alpha value is -1.23. The molecule has 0 aliphatic rings. The third-order valence-electron chi connectivity index (χ3n) is 1.92. The summed E-state index contributed by atoms with van der Waals surface area (Å²) in [5.41, 5.74) is -0.204. The van der Waals surface area contributed by atoms with E-state index in [9.17, 15) is 13.6 Å². The normalized spacial score (nSPS) is 10.5. The lowest BCUT2D eigenvalue weighted by Gasteiger charge is -2.11. The molecule has 0 unspecified atom stereocenters. The monoisotopic (exact) mass is 235 g/mol. The number of methoxy groups -OCH3 is 1. The fraction of sp³-hybridized carbons (Fsp3) is 0.333. The zero-order chi connectivity index (χ0) is 11.6. The second kappa shape index (κ2) is 4.53. The van der Waals surface area contributed by atoms with Crippen LogP contribution in [0.3, 0.4) is 0 Å².